The van der Waals surface area contributed by atoms with Gasteiger partial charge in [-0.1, -0.05) is 37.8 Å². The Kier molecular flexibility index (Phi) is 11.8. The molecule has 17 heavy (non-hydrogen) atoms. The molecular formula is C14H29NO2. The van der Waals surface area contributed by atoms with Crippen LogP contribution in [0.15, 0.2) is 11.6 Å². The van der Waals surface area contributed by atoms with E-state index in [1.165, 1.54) is 24.8 Å². The Morgan fingerprint density at radius 3 is 2.71 bits per heavy atom. The van der Waals surface area contributed by atoms with Crippen LogP contribution in [0.3, 0.4) is 0 Å². The lowest BCUT2D eigenvalue weighted by atomic mass is 10.2. The maximum Gasteiger partial charge on any atom is 0.0897 e. The summed E-state index contributed by atoms with van der Waals surface area (Å²) in [5, 5.41) is 12.8. The summed E-state index contributed by atoms with van der Waals surface area (Å²) >= 11 is 0. The van der Waals surface area contributed by atoms with E-state index in [1.807, 2.05) is 0 Å². The van der Waals surface area contributed by atoms with Gasteiger partial charge in [0.2, 0.25) is 0 Å². The first kappa shape index (κ1) is 16.6. The summed E-state index contributed by atoms with van der Waals surface area (Å²) in [5.74, 6) is 0. The van der Waals surface area contributed by atoms with Gasteiger partial charge in [-0.05, 0) is 20.3 Å². The molecule has 0 aromatic rings. The van der Waals surface area contributed by atoms with Crippen molar-refractivity contribution in [3.63, 3.8) is 0 Å². The molecule has 0 fully saturated rings. The van der Waals surface area contributed by atoms with E-state index in [4.69, 9.17) is 4.74 Å². The van der Waals surface area contributed by atoms with Gasteiger partial charge in [-0.25, -0.2) is 0 Å². The van der Waals surface area contributed by atoms with Crippen LogP contribution in [0.5, 0.6) is 0 Å². The van der Waals surface area contributed by atoms with Crippen LogP contribution in [0, 0.1) is 0 Å². The highest BCUT2D eigenvalue weighted by molar-refractivity contribution is 4.94. The van der Waals surface area contributed by atoms with E-state index in [9.17, 15) is 5.11 Å². The van der Waals surface area contributed by atoms with Crippen molar-refractivity contribution < 1.29 is 9.84 Å². The molecule has 0 aromatic heterocycles. The molecule has 0 bridgehead atoms. The normalized spacial score (nSPS) is 12.5. The van der Waals surface area contributed by atoms with Crippen molar-refractivity contribution in [3.8, 4) is 0 Å². The summed E-state index contributed by atoms with van der Waals surface area (Å²) in [6.45, 7) is 8.95. The monoisotopic (exact) mass is 243 g/mol. The predicted molar refractivity (Wildman–Crippen MR) is 73.3 cm³/mol. The van der Waals surface area contributed by atoms with Crippen molar-refractivity contribution in [2.24, 2.45) is 0 Å². The third kappa shape index (κ3) is 13.6. The van der Waals surface area contributed by atoms with Crippen molar-refractivity contribution in [1.82, 2.24) is 5.32 Å². The van der Waals surface area contributed by atoms with Crippen LogP contribution < -0.4 is 5.32 Å². The van der Waals surface area contributed by atoms with Crippen molar-refractivity contribution in [2.45, 2.75) is 52.6 Å². The number of hydrogen-bond acceptors (Lipinski definition) is 3. The maximum atomic E-state index is 9.61. The summed E-state index contributed by atoms with van der Waals surface area (Å²) in [6, 6.07) is 0. The molecule has 0 aliphatic carbocycles. The molecule has 0 heterocycles. The highest BCUT2D eigenvalue weighted by atomic mass is 16.5. The maximum absolute atomic E-state index is 9.61. The van der Waals surface area contributed by atoms with E-state index in [0.717, 1.165) is 19.6 Å². The lowest BCUT2D eigenvalue weighted by molar-refractivity contribution is 0.0359. The highest BCUT2D eigenvalue weighted by Gasteiger charge is 2.02. The van der Waals surface area contributed by atoms with E-state index < -0.39 is 6.10 Å². The zero-order chi connectivity index (χ0) is 12.9. The smallest absolute Gasteiger partial charge is 0.0897 e. The first-order valence-corrected chi connectivity index (χ1v) is 6.76. The number of unbranched alkanes of at least 4 members (excludes halogenated alkanes) is 3. The first-order valence-electron chi connectivity index (χ1n) is 6.76. The van der Waals surface area contributed by atoms with Gasteiger partial charge >= 0.3 is 0 Å². The van der Waals surface area contributed by atoms with Gasteiger partial charge in [-0.15, -0.1) is 0 Å². The Labute approximate surface area is 106 Å². The molecule has 0 saturated heterocycles. The van der Waals surface area contributed by atoms with Crippen molar-refractivity contribution in [1.29, 1.82) is 0 Å². The van der Waals surface area contributed by atoms with Crippen molar-refractivity contribution >= 4 is 0 Å². The lowest BCUT2D eigenvalue weighted by Crippen LogP contribution is -2.30. The largest absolute Gasteiger partial charge is 0.389 e. The molecular weight excluding hydrogens is 214 g/mol. The number of rotatable bonds is 11. The molecule has 0 aliphatic rings. The summed E-state index contributed by atoms with van der Waals surface area (Å²) < 4.78 is 5.41. The van der Waals surface area contributed by atoms with E-state index in [2.05, 4.69) is 32.2 Å². The molecule has 102 valence electrons. The second-order valence-electron chi connectivity index (χ2n) is 4.73. The molecule has 0 saturated carbocycles. The molecule has 0 rings (SSSR count). The number of aliphatic hydroxyl groups is 1. The third-order valence-corrected chi connectivity index (χ3v) is 2.49. The SMILES string of the molecule is CCCCCCOCC(O)CNCC=C(C)C. The fraction of sp³-hybridized carbons (Fsp3) is 0.857. The molecule has 1 atom stereocenters. The minimum atomic E-state index is -0.397. The molecule has 0 amide bonds. The van der Waals surface area contributed by atoms with Crippen LogP contribution in [0.1, 0.15) is 46.5 Å². The molecule has 0 aromatic carbocycles. The van der Waals surface area contributed by atoms with E-state index >= 15 is 0 Å². The number of aliphatic hydroxyl groups excluding tert-OH is 1. The van der Waals surface area contributed by atoms with Gasteiger partial charge in [-0.3, -0.25) is 0 Å². The van der Waals surface area contributed by atoms with Crippen molar-refractivity contribution in [2.75, 3.05) is 26.3 Å². The van der Waals surface area contributed by atoms with Crippen molar-refractivity contribution in [3.05, 3.63) is 11.6 Å². The number of ether oxygens (including phenoxy) is 1. The second-order valence-corrected chi connectivity index (χ2v) is 4.73. The van der Waals surface area contributed by atoms with Gasteiger partial charge in [0, 0.05) is 19.7 Å². The van der Waals surface area contributed by atoms with Crippen LogP contribution in [0.4, 0.5) is 0 Å². The van der Waals surface area contributed by atoms with Crippen LogP contribution in [0.2, 0.25) is 0 Å². The Balaban J connectivity index is 3.23. The number of hydrogen-bond donors (Lipinski definition) is 2. The summed E-state index contributed by atoms with van der Waals surface area (Å²) in [6.07, 6.45) is 6.56. The zero-order valence-electron chi connectivity index (χ0n) is 11.7. The van der Waals surface area contributed by atoms with Crippen LogP contribution in [-0.4, -0.2) is 37.5 Å². The zero-order valence-corrected chi connectivity index (χ0v) is 11.7. The lowest BCUT2D eigenvalue weighted by Gasteiger charge is -2.11. The third-order valence-electron chi connectivity index (χ3n) is 2.49. The van der Waals surface area contributed by atoms with Gasteiger partial charge in [0.25, 0.3) is 0 Å². The minimum Gasteiger partial charge on any atom is -0.389 e. The number of allylic oxidation sites excluding steroid dienone is 1. The molecule has 1 unspecified atom stereocenters. The summed E-state index contributed by atoms with van der Waals surface area (Å²) in [7, 11) is 0. The number of nitrogens with one attached hydrogen (secondary N) is 1. The molecule has 2 N–H and O–H groups in total. The average Bonchev–Trinajstić information content (AvgIpc) is 2.29. The fourth-order valence-corrected chi connectivity index (χ4v) is 1.44. The molecule has 0 spiro atoms. The Bertz CT molecular complexity index is 189. The molecule has 0 radical (unpaired) electrons. The molecule has 3 heteroatoms. The highest BCUT2D eigenvalue weighted by Crippen LogP contribution is 1.99. The Morgan fingerprint density at radius 2 is 2.06 bits per heavy atom. The fourth-order valence-electron chi connectivity index (χ4n) is 1.44. The quantitative estimate of drug-likeness (QED) is 0.433. The van der Waals surface area contributed by atoms with E-state index in [0.29, 0.717) is 13.2 Å². The van der Waals surface area contributed by atoms with Gasteiger partial charge in [0.05, 0.1) is 12.7 Å². The van der Waals surface area contributed by atoms with Gasteiger partial charge in [-0.2, -0.15) is 0 Å². The molecule has 0 aliphatic heterocycles. The van der Waals surface area contributed by atoms with E-state index in [-0.39, 0.29) is 0 Å². The summed E-state index contributed by atoms with van der Waals surface area (Å²) in [5.41, 5.74) is 1.29. The van der Waals surface area contributed by atoms with Gasteiger partial charge < -0.3 is 15.2 Å². The van der Waals surface area contributed by atoms with Crippen LogP contribution >= 0.6 is 0 Å². The standard InChI is InChI=1S/C14H29NO2/c1-4-5-6-7-10-17-12-14(16)11-15-9-8-13(2)3/h8,14-16H,4-7,9-12H2,1-3H3. The Morgan fingerprint density at radius 1 is 1.29 bits per heavy atom. The van der Waals surface area contributed by atoms with Crippen LogP contribution in [-0.2, 0) is 4.74 Å². The minimum absolute atomic E-state index is 0.397. The average molecular weight is 243 g/mol. The molecule has 3 nitrogen and oxygen atoms in total. The topological polar surface area (TPSA) is 41.5 Å². The predicted octanol–water partition coefficient (Wildman–Crippen LogP) is 2.50. The summed E-state index contributed by atoms with van der Waals surface area (Å²) in [4.78, 5) is 0. The Hall–Kier alpha value is -0.380. The first-order chi connectivity index (χ1) is 8.16. The van der Waals surface area contributed by atoms with Gasteiger partial charge in [0.15, 0.2) is 0 Å². The van der Waals surface area contributed by atoms with Gasteiger partial charge in [0.1, 0.15) is 0 Å². The van der Waals surface area contributed by atoms with Crippen LogP contribution in [0.25, 0.3) is 0 Å². The second kappa shape index (κ2) is 12.1. The van der Waals surface area contributed by atoms with E-state index in [1.54, 1.807) is 0 Å².